The molecule has 0 aliphatic heterocycles. The topological polar surface area (TPSA) is 65.3 Å². The first-order valence-electron chi connectivity index (χ1n) is 6.74. The van der Waals surface area contributed by atoms with E-state index in [0.29, 0.717) is 17.9 Å². The number of nitrogens with one attached hydrogen (secondary N) is 1. The van der Waals surface area contributed by atoms with Crippen molar-refractivity contribution >= 4 is 0 Å². The molecule has 0 spiro atoms. The third kappa shape index (κ3) is 3.82. The molecule has 0 fully saturated rings. The highest BCUT2D eigenvalue weighted by molar-refractivity contribution is 5.45. The van der Waals surface area contributed by atoms with Crippen LogP contribution < -0.4 is 10.1 Å². The van der Waals surface area contributed by atoms with Gasteiger partial charge in [-0.3, -0.25) is 0 Å². The Hall–Kier alpha value is -2.35. The molecule has 0 unspecified atom stereocenters. The molecule has 4 heteroatoms. The molecule has 0 saturated heterocycles. The fourth-order valence-electron chi connectivity index (χ4n) is 2.17. The van der Waals surface area contributed by atoms with Crippen molar-refractivity contribution in [3.8, 4) is 11.8 Å². The predicted molar refractivity (Wildman–Crippen MR) is 80.8 cm³/mol. The minimum Gasteiger partial charge on any atom is -0.495 e. The lowest BCUT2D eigenvalue weighted by molar-refractivity contribution is 0.243. The molecular formula is C17H18N2O2. The summed E-state index contributed by atoms with van der Waals surface area (Å²) in [6, 6.07) is 17.3. The van der Waals surface area contributed by atoms with Crippen LogP contribution in [0.15, 0.2) is 48.5 Å². The van der Waals surface area contributed by atoms with E-state index in [1.807, 2.05) is 36.4 Å². The summed E-state index contributed by atoms with van der Waals surface area (Å²) in [4.78, 5) is 0. The average Bonchev–Trinajstić information content (AvgIpc) is 2.56. The van der Waals surface area contributed by atoms with Gasteiger partial charge in [0.05, 0.1) is 25.3 Å². The van der Waals surface area contributed by atoms with Crippen LogP contribution in [-0.4, -0.2) is 18.8 Å². The summed E-state index contributed by atoms with van der Waals surface area (Å²) in [7, 11) is 1.55. The Morgan fingerprint density at radius 3 is 2.62 bits per heavy atom. The van der Waals surface area contributed by atoms with Crippen molar-refractivity contribution in [2.24, 2.45) is 0 Å². The molecule has 0 saturated carbocycles. The van der Waals surface area contributed by atoms with E-state index < -0.39 is 0 Å². The summed E-state index contributed by atoms with van der Waals surface area (Å²) in [5.74, 6) is 0.572. The number of hydrogen-bond donors (Lipinski definition) is 2. The Morgan fingerprint density at radius 2 is 2.00 bits per heavy atom. The monoisotopic (exact) mass is 282 g/mol. The average molecular weight is 282 g/mol. The van der Waals surface area contributed by atoms with Gasteiger partial charge in [0, 0.05) is 6.54 Å². The maximum Gasteiger partial charge on any atom is 0.136 e. The smallest absolute Gasteiger partial charge is 0.136 e. The molecular weight excluding hydrogens is 264 g/mol. The molecule has 0 bridgehead atoms. The first kappa shape index (κ1) is 15.0. The van der Waals surface area contributed by atoms with Crippen LogP contribution in [-0.2, 0) is 6.54 Å². The molecule has 0 aliphatic carbocycles. The lowest BCUT2D eigenvalue weighted by Crippen LogP contribution is -2.23. The predicted octanol–water partition coefficient (Wildman–Crippen LogP) is 2.39. The van der Waals surface area contributed by atoms with Crippen LogP contribution in [0.2, 0.25) is 0 Å². The van der Waals surface area contributed by atoms with E-state index in [2.05, 4.69) is 11.4 Å². The van der Waals surface area contributed by atoms with Gasteiger partial charge in [-0.1, -0.05) is 36.4 Å². The Morgan fingerprint density at radius 1 is 1.24 bits per heavy atom. The van der Waals surface area contributed by atoms with Crippen LogP contribution >= 0.6 is 0 Å². The largest absolute Gasteiger partial charge is 0.495 e. The standard InChI is InChI=1S/C17H18N2O2/c1-21-17-8-7-13(9-15(17)10-18)11-19-16(12-20)14-5-3-2-4-6-14/h2-9,16,19-20H,11-12H2,1H3/t16-/m0/s1. The van der Waals surface area contributed by atoms with Crippen LogP contribution in [0.4, 0.5) is 0 Å². The molecule has 0 radical (unpaired) electrons. The Bertz CT molecular complexity index is 620. The minimum atomic E-state index is -0.126. The molecule has 2 rings (SSSR count). The minimum absolute atomic E-state index is 0.0191. The molecule has 2 aromatic carbocycles. The van der Waals surface area contributed by atoms with Gasteiger partial charge in [0.15, 0.2) is 0 Å². The van der Waals surface area contributed by atoms with Gasteiger partial charge >= 0.3 is 0 Å². The quantitative estimate of drug-likeness (QED) is 0.854. The molecule has 2 N–H and O–H groups in total. The number of hydrogen-bond acceptors (Lipinski definition) is 4. The van der Waals surface area contributed by atoms with Crippen molar-refractivity contribution in [1.82, 2.24) is 5.32 Å². The first-order chi connectivity index (χ1) is 10.3. The number of rotatable bonds is 6. The van der Waals surface area contributed by atoms with Gasteiger partial charge in [-0.15, -0.1) is 0 Å². The van der Waals surface area contributed by atoms with Crippen molar-refractivity contribution < 1.29 is 9.84 Å². The van der Waals surface area contributed by atoms with Crippen molar-refractivity contribution in [3.63, 3.8) is 0 Å². The number of nitriles is 1. The second kappa shape index (κ2) is 7.44. The number of ether oxygens (including phenoxy) is 1. The Balaban J connectivity index is 2.07. The van der Waals surface area contributed by atoms with E-state index >= 15 is 0 Å². The maximum absolute atomic E-state index is 9.51. The third-order valence-electron chi connectivity index (χ3n) is 3.32. The van der Waals surface area contributed by atoms with Crippen LogP contribution in [0.1, 0.15) is 22.7 Å². The second-order valence-electron chi connectivity index (χ2n) is 4.67. The Labute approximate surface area is 124 Å². The molecule has 1 atom stereocenters. The highest BCUT2D eigenvalue weighted by Crippen LogP contribution is 2.19. The molecule has 0 amide bonds. The van der Waals surface area contributed by atoms with E-state index in [1.165, 1.54) is 0 Å². The zero-order chi connectivity index (χ0) is 15.1. The molecule has 2 aromatic rings. The number of methoxy groups -OCH3 is 1. The van der Waals surface area contributed by atoms with E-state index in [9.17, 15) is 5.11 Å². The van der Waals surface area contributed by atoms with Gasteiger partial charge in [0.1, 0.15) is 11.8 Å². The summed E-state index contributed by atoms with van der Waals surface area (Å²) in [5.41, 5.74) is 2.52. The zero-order valence-electron chi connectivity index (χ0n) is 11.9. The van der Waals surface area contributed by atoms with Crippen molar-refractivity contribution in [1.29, 1.82) is 5.26 Å². The fourth-order valence-corrected chi connectivity index (χ4v) is 2.17. The van der Waals surface area contributed by atoms with Gasteiger partial charge in [0.2, 0.25) is 0 Å². The fraction of sp³-hybridized carbons (Fsp3) is 0.235. The summed E-state index contributed by atoms with van der Waals surface area (Å²) >= 11 is 0. The molecule has 0 aromatic heterocycles. The summed E-state index contributed by atoms with van der Waals surface area (Å²) in [6.45, 7) is 0.587. The number of nitrogens with zero attached hydrogens (tertiary/aromatic N) is 1. The van der Waals surface area contributed by atoms with E-state index in [-0.39, 0.29) is 12.6 Å². The zero-order valence-corrected chi connectivity index (χ0v) is 11.9. The third-order valence-corrected chi connectivity index (χ3v) is 3.32. The van der Waals surface area contributed by atoms with Gasteiger partial charge < -0.3 is 15.2 Å². The summed E-state index contributed by atoms with van der Waals surface area (Å²) in [6.07, 6.45) is 0. The van der Waals surface area contributed by atoms with Crippen LogP contribution in [0.25, 0.3) is 0 Å². The number of benzene rings is 2. The molecule has 0 aliphatic rings. The molecule has 0 heterocycles. The molecule has 4 nitrogen and oxygen atoms in total. The lowest BCUT2D eigenvalue weighted by Gasteiger charge is -2.17. The second-order valence-corrected chi connectivity index (χ2v) is 4.67. The maximum atomic E-state index is 9.51. The van der Waals surface area contributed by atoms with Gasteiger partial charge in [-0.2, -0.15) is 5.26 Å². The SMILES string of the molecule is COc1ccc(CN[C@@H](CO)c2ccccc2)cc1C#N. The van der Waals surface area contributed by atoms with E-state index in [0.717, 1.165) is 11.1 Å². The van der Waals surface area contributed by atoms with Gasteiger partial charge in [0.25, 0.3) is 0 Å². The summed E-state index contributed by atoms with van der Waals surface area (Å²) in [5, 5.41) is 21.9. The van der Waals surface area contributed by atoms with Gasteiger partial charge in [-0.25, -0.2) is 0 Å². The van der Waals surface area contributed by atoms with Crippen LogP contribution in [0, 0.1) is 11.3 Å². The normalized spacial score (nSPS) is 11.7. The molecule has 108 valence electrons. The van der Waals surface area contributed by atoms with Crippen molar-refractivity contribution in [2.45, 2.75) is 12.6 Å². The van der Waals surface area contributed by atoms with Gasteiger partial charge in [-0.05, 0) is 23.3 Å². The number of aliphatic hydroxyl groups is 1. The highest BCUT2D eigenvalue weighted by Gasteiger charge is 2.10. The van der Waals surface area contributed by atoms with Crippen LogP contribution in [0.5, 0.6) is 5.75 Å². The molecule has 21 heavy (non-hydrogen) atoms. The van der Waals surface area contributed by atoms with Crippen molar-refractivity contribution in [3.05, 3.63) is 65.2 Å². The highest BCUT2D eigenvalue weighted by atomic mass is 16.5. The van der Waals surface area contributed by atoms with E-state index in [1.54, 1.807) is 19.2 Å². The van der Waals surface area contributed by atoms with Crippen molar-refractivity contribution in [2.75, 3.05) is 13.7 Å². The van der Waals surface area contributed by atoms with E-state index in [4.69, 9.17) is 10.00 Å². The lowest BCUT2D eigenvalue weighted by atomic mass is 10.1. The Kier molecular flexibility index (Phi) is 5.33. The summed E-state index contributed by atoms with van der Waals surface area (Å²) < 4.78 is 5.12. The van der Waals surface area contributed by atoms with Crippen LogP contribution in [0.3, 0.4) is 0 Å². The first-order valence-corrected chi connectivity index (χ1v) is 6.74. The number of aliphatic hydroxyl groups excluding tert-OH is 1.